The number of amides is 2. The largest absolute Gasteiger partial charge is 0.595 e. The molecule has 2 rings (SSSR count). The molecule has 0 aliphatic heterocycles. The number of likely N-dealkylation sites (N-methyl/N-ethyl adjacent to an activating group) is 1. The minimum atomic E-state index is -1.33. The molecule has 0 heterocycles. The fourth-order valence-electron chi connectivity index (χ4n) is 2.42. The van der Waals surface area contributed by atoms with Crippen molar-refractivity contribution in [1.29, 1.82) is 0 Å². The van der Waals surface area contributed by atoms with Gasteiger partial charge in [0.05, 0.1) is 0 Å². The number of nitrogens with two attached hydrogens (primary N) is 1. The van der Waals surface area contributed by atoms with E-state index in [-0.39, 0.29) is 11.3 Å². The van der Waals surface area contributed by atoms with Crippen LogP contribution in [-0.2, 0) is 10.3 Å². The smallest absolute Gasteiger partial charge is 0.254 e. The zero-order valence-electron chi connectivity index (χ0n) is 13.4. The van der Waals surface area contributed by atoms with E-state index in [0.29, 0.717) is 5.56 Å². The highest BCUT2D eigenvalue weighted by Crippen LogP contribution is 2.28. The number of carbonyl (C=O) groups excluding carboxylic acids is 2. The Balaban J connectivity index is 2.38. The van der Waals surface area contributed by atoms with Crippen LogP contribution >= 0.6 is 0 Å². The van der Waals surface area contributed by atoms with Crippen LogP contribution in [0, 0.1) is 5.21 Å². The van der Waals surface area contributed by atoms with E-state index in [1.54, 1.807) is 37.3 Å². The molecule has 0 saturated heterocycles. The first-order valence-corrected chi connectivity index (χ1v) is 7.25. The molecule has 7 heteroatoms. The van der Waals surface area contributed by atoms with Crippen molar-refractivity contribution in [3.63, 3.8) is 0 Å². The van der Waals surface area contributed by atoms with Crippen LogP contribution in [-0.4, -0.2) is 29.0 Å². The number of hydrogen-bond acceptors (Lipinski definition) is 4. The molecule has 0 fully saturated rings. The summed E-state index contributed by atoms with van der Waals surface area (Å²) in [5.74, 6) is -1.09. The third kappa shape index (κ3) is 3.13. The zero-order chi connectivity index (χ0) is 17.9. The van der Waals surface area contributed by atoms with Crippen molar-refractivity contribution in [2.75, 3.05) is 7.05 Å². The van der Waals surface area contributed by atoms with Gasteiger partial charge in [-0.25, -0.2) is 5.21 Å². The molecular formula is C17H19N3O4. The van der Waals surface area contributed by atoms with Gasteiger partial charge in [0.25, 0.3) is 5.91 Å². The first-order chi connectivity index (χ1) is 11.3. The second kappa shape index (κ2) is 6.79. The Morgan fingerprint density at radius 1 is 1.12 bits per heavy atom. The summed E-state index contributed by atoms with van der Waals surface area (Å²) in [5.41, 5.74) is 5.18. The zero-order valence-corrected chi connectivity index (χ0v) is 13.4. The number of rotatable bonds is 5. The normalized spacial score (nSPS) is 14.5. The lowest BCUT2D eigenvalue weighted by atomic mass is 9.89. The number of primary amides is 1. The molecule has 2 atom stereocenters. The van der Waals surface area contributed by atoms with Crippen molar-refractivity contribution in [1.82, 2.24) is 4.90 Å². The maximum atomic E-state index is 12.7. The summed E-state index contributed by atoms with van der Waals surface area (Å²) in [7, 11) is 1.49. The van der Waals surface area contributed by atoms with Crippen LogP contribution in [0.4, 0.5) is 5.69 Å². The molecule has 0 aliphatic rings. The summed E-state index contributed by atoms with van der Waals surface area (Å²) in [4.78, 5) is 26.1. The van der Waals surface area contributed by atoms with Crippen LogP contribution in [0.2, 0.25) is 0 Å². The standard InChI is InChI=1S/C17H19N3O4/c1-17(16(18)22,13-6-4-3-5-7-13)19(2)15(21)12-8-10-14(11-9-12)20(23)24/h3-11,20,23H,1-2H3,(H2,18,22)/t17-/m1/s1. The van der Waals surface area contributed by atoms with E-state index in [1.165, 1.54) is 36.2 Å². The molecule has 1 unspecified atom stereocenters. The second-order valence-electron chi connectivity index (χ2n) is 5.55. The lowest BCUT2D eigenvalue weighted by Gasteiger charge is -2.36. The molecule has 0 saturated carbocycles. The Kier molecular flexibility index (Phi) is 4.99. The number of carbonyl (C=O) groups is 2. The van der Waals surface area contributed by atoms with E-state index in [4.69, 9.17) is 10.9 Å². The highest BCUT2D eigenvalue weighted by atomic mass is 16.8. The van der Waals surface area contributed by atoms with Crippen LogP contribution < -0.4 is 11.0 Å². The predicted molar refractivity (Wildman–Crippen MR) is 87.3 cm³/mol. The van der Waals surface area contributed by atoms with E-state index in [1.807, 2.05) is 0 Å². The van der Waals surface area contributed by atoms with Crippen LogP contribution in [0.3, 0.4) is 0 Å². The maximum Gasteiger partial charge on any atom is 0.254 e. The van der Waals surface area contributed by atoms with E-state index < -0.39 is 22.6 Å². The van der Waals surface area contributed by atoms with Gasteiger partial charge in [-0.15, -0.1) is 0 Å². The van der Waals surface area contributed by atoms with E-state index in [0.717, 1.165) is 0 Å². The Morgan fingerprint density at radius 2 is 1.67 bits per heavy atom. The Hall–Kier alpha value is -2.74. The molecule has 126 valence electrons. The number of nitrogens with zero attached hydrogens (tertiary/aromatic N) is 1. The summed E-state index contributed by atoms with van der Waals surface area (Å²) in [6, 6.07) is 14.3. The lowest BCUT2D eigenvalue weighted by molar-refractivity contribution is -0.991. The number of hydrogen-bond donors (Lipinski definition) is 3. The molecule has 2 aromatic carbocycles. The van der Waals surface area contributed by atoms with Crippen molar-refractivity contribution in [2.24, 2.45) is 5.73 Å². The Labute approximate surface area is 139 Å². The van der Waals surface area contributed by atoms with Gasteiger partial charge in [-0.05, 0) is 24.6 Å². The minimum absolute atomic E-state index is 0.0786. The fraction of sp³-hybridized carbons (Fsp3) is 0.176. The van der Waals surface area contributed by atoms with Crippen LogP contribution in [0.15, 0.2) is 54.6 Å². The molecule has 0 bridgehead atoms. The van der Waals surface area contributed by atoms with Gasteiger partial charge in [-0.2, -0.15) is 5.23 Å². The van der Waals surface area contributed by atoms with Crippen molar-refractivity contribution < 1.29 is 20.0 Å². The fourth-order valence-corrected chi connectivity index (χ4v) is 2.42. The quantitative estimate of drug-likeness (QED) is 0.696. The van der Waals surface area contributed by atoms with Gasteiger partial charge in [-0.1, -0.05) is 30.3 Å². The van der Waals surface area contributed by atoms with Gasteiger partial charge in [0.2, 0.25) is 5.91 Å². The highest BCUT2D eigenvalue weighted by Gasteiger charge is 2.40. The molecule has 0 aliphatic carbocycles. The van der Waals surface area contributed by atoms with Crippen LogP contribution in [0.5, 0.6) is 0 Å². The van der Waals surface area contributed by atoms with E-state index in [2.05, 4.69) is 0 Å². The van der Waals surface area contributed by atoms with Crippen molar-refractivity contribution >= 4 is 17.5 Å². The van der Waals surface area contributed by atoms with Crippen LogP contribution in [0.1, 0.15) is 22.8 Å². The topological polar surface area (TPSA) is 111 Å². The second-order valence-corrected chi connectivity index (χ2v) is 5.55. The summed E-state index contributed by atoms with van der Waals surface area (Å²) in [6.07, 6.45) is 0. The van der Waals surface area contributed by atoms with E-state index in [9.17, 15) is 14.8 Å². The third-order valence-electron chi connectivity index (χ3n) is 4.17. The molecule has 0 spiro atoms. The summed E-state index contributed by atoms with van der Waals surface area (Å²) < 4.78 is 0. The molecule has 2 amide bonds. The average molecular weight is 329 g/mol. The number of nitrogens with one attached hydrogen (secondary N) is 1. The molecule has 0 aromatic heterocycles. The predicted octanol–water partition coefficient (Wildman–Crippen LogP) is 0.563. The third-order valence-corrected chi connectivity index (χ3v) is 4.17. The van der Waals surface area contributed by atoms with Gasteiger partial charge in [0.1, 0.15) is 5.54 Å². The number of quaternary nitrogens is 1. The Bertz CT molecular complexity index is 731. The average Bonchev–Trinajstić information content (AvgIpc) is 2.60. The first kappa shape index (κ1) is 17.6. The maximum absolute atomic E-state index is 12.7. The Morgan fingerprint density at radius 3 is 2.12 bits per heavy atom. The summed E-state index contributed by atoms with van der Waals surface area (Å²) in [5, 5.41) is 18.7. The molecule has 4 N–H and O–H groups in total. The van der Waals surface area contributed by atoms with Gasteiger partial charge < -0.3 is 15.8 Å². The lowest BCUT2D eigenvalue weighted by Crippen LogP contribution is -2.99. The molecule has 7 nitrogen and oxygen atoms in total. The minimum Gasteiger partial charge on any atom is -0.595 e. The van der Waals surface area contributed by atoms with Gasteiger partial charge in [-0.3, -0.25) is 9.59 Å². The summed E-state index contributed by atoms with van der Waals surface area (Å²) in [6.45, 7) is 1.58. The molecule has 2 aromatic rings. The van der Waals surface area contributed by atoms with Crippen molar-refractivity contribution in [3.8, 4) is 0 Å². The monoisotopic (exact) mass is 329 g/mol. The van der Waals surface area contributed by atoms with Crippen molar-refractivity contribution in [2.45, 2.75) is 12.5 Å². The summed E-state index contributed by atoms with van der Waals surface area (Å²) >= 11 is 0. The highest BCUT2D eigenvalue weighted by molar-refractivity contribution is 5.99. The van der Waals surface area contributed by atoms with Crippen LogP contribution in [0.25, 0.3) is 0 Å². The van der Waals surface area contributed by atoms with Gasteiger partial charge >= 0.3 is 0 Å². The van der Waals surface area contributed by atoms with E-state index >= 15 is 0 Å². The molecule has 24 heavy (non-hydrogen) atoms. The number of benzene rings is 2. The first-order valence-electron chi connectivity index (χ1n) is 7.25. The van der Waals surface area contributed by atoms with Crippen molar-refractivity contribution in [3.05, 3.63) is 70.9 Å². The molecular weight excluding hydrogens is 310 g/mol. The van der Waals surface area contributed by atoms with Gasteiger partial charge in [0, 0.05) is 24.7 Å². The SMILES string of the molecule is CN(C(=O)c1ccc([NH+]([O-])O)cc1)[C@@](C)(C(N)=O)c1ccccc1. The van der Waals surface area contributed by atoms with Gasteiger partial charge in [0.15, 0.2) is 5.69 Å². The molecule has 0 radical (unpaired) electrons.